The van der Waals surface area contributed by atoms with Gasteiger partial charge in [0.2, 0.25) is 0 Å². The first-order chi connectivity index (χ1) is 9.28. The van der Waals surface area contributed by atoms with Crippen LogP contribution in [0.1, 0.15) is 29.9 Å². The number of aryl methyl sites for hydroxylation is 1. The van der Waals surface area contributed by atoms with Crippen molar-refractivity contribution in [2.75, 3.05) is 0 Å². The van der Waals surface area contributed by atoms with Crippen molar-refractivity contribution < 1.29 is 9.52 Å². The quantitative estimate of drug-likeness (QED) is 0.762. The average Bonchev–Trinajstić information content (AvgIpc) is 2.90. The van der Waals surface area contributed by atoms with Crippen molar-refractivity contribution >= 4 is 11.0 Å². The number of furan rings is 1. The lowest BCUT2D eigenvalue weighted by molar-refractivity contribution is 0.192. The molecule has 2 nitrogen and oxygen atoms in total. The molecule has 0 bridgehead atoms. The molecule has 0 fully saturated rings. The Hall–Kier alpha value is -2.06. The van der Waals surface area contributed by atoms with E-state index in [9.17, 15) is 5.11 Å². The summed E-state index contributed by atoms with van der Waals surface area (Å²) in [5.41, 5.74) is 2.93. The topological polar surface area (TPSA) is 33.4 Å². The molecule has 19 heavy (non-hydrogen) atoms. The maximum absolute atomic E-state index is 10.4. The zero-order valence-corrected chi connectivity index (χ0v) is 10.8. The molecule has 1 aromatic heterocycles. The third kappa shape index (κ3) is 2.27. The summed E-state index contributed by atoms with van der Waals surface area (Å²) in [7, 11) is 0. The van der Waals surface area contributed by atoms with Gasteiger partial charge in [-0.15, -0.1) is 0 Å². The molecule has 0 amide bonds. The second-order valence-corrected chi connectivity index (χ2v) is 4.68. The Kier molecular flexibility index (Phi) is 3.10. The van der Waals surface area contributed by atoms with Crippen LogP contribution >= 0.6 is 0 Å². The summed E-state index contributed by atoms with van der Waals surface area (Å²) in [6.07, 6.45) is 0.291. The number of hydrogen-bond donors (Lipinski definition) is 1. The predicted octanol–water partition coefficient (Wildman–Crippen LogP) is 4.08. The molecule has 2 heteroatoms. The van der Waals surface area contributed by atoms with E-state index in [1.807, 2.05) is 54.6 Å². The summed E-state index contributed by atoms with van der Waals surface area (Å²) < 4.78 is 5.69. The van der Waals surface area contributed by atoms with Gasteiger partial charge in [0.05, 0.1) is 0 Å². The molecule has 3 aromatic rings. The molecule has 1 atom stereocenters. The van der Waals surface area contributed by atoms with Crippen LogP contribution in [0, 0.1) is 0 Å². The molecule has 3 rings (SSSR count). The fraction of sp³-hybridized carbons (Fsp3) is 0.176. The van der Waals surface area contributed by atoms with Gasteiger partial charge >= 0.3 is 0 Å². The highest BCUT2D eigenvalue weighted by molar-refractivity contribution is 5.77. The number of hydrogen-bond acceptors (Lipinski definition) is 2. The van der Waals surface area contributed by atoms with Crippen molar-refractivity contribution in [3.8, 4) is 0 Å². The number of rotatable bonds is 3. The van der Waals surface area contributed by atoms with E-state index in [4.69, 9.17) is 4.42 Å². The normalized spacial score (nSPS) is 12.7. The van der Waals surface area contributed by atoms with Crippen molar-refractivity contribution in [2.45, 2.75) is 19.4 Å². The molecule has 0 saturated carbocycles. The van der Waals surface area contributed by atoms with Crippen LogP contribution in [-0.4, -0.2) is 5.11 Å². The molecule has 96 valence electrons. The Balaban J connectivity index is 1.95. The van der Waals surface area contributed by atoms with E-state index in [2.05, 4.69) is 6.92 Å². The van der Waals surface area contributed by atoms with E-state index in [0.717, 1.165) is 23.0 Å². The van der Waals surface area contributed by atoms with Gasteiger partial charge in [-0.3, -0.25) is 0 Å². The number of benzene rings is 2. The summed E-state index contributed by atoms with van der Waals surface area (Å²) in [5, 5.41) is 11.4. The SMILES string of the molecule is CCc1ccc(C(O)c2cc3ccccc3o2)cc1. The zero-order valence-electron chi connectivity index (χ0n) is 10.8. The summed E-state index contributed by atoms with van der Waals surface area (Å²) in [4.78, 5) is 0. The lowest BCUT2D eigenvalue weighted by Gasteiger charge is -2.08. The molecule has 2 aromatic carbocycles. The summed E-state index contributed by atoms with van der Waals surface area (Å²) in [5.74, 6) is 0.588. The van der Waals surface area contributed by atoms with E-state index in [1.165, 1.54) is 5.56 Å². The van der Waals surface area contributed by atoms with Crippen LogP contribution in [0.3, 0.4) is 0 Å². The first kappa shape index (κ1) is 12.0. The van der Waals surface area contributed by atoms with Crippen molar-refractivity contribution in [3.05, 3.63) is 71.5 Å². The molecule has 0 spiro atoms. The molecule has 0 aliphatic carbocycles. The highest BCUT2D eigenvalue weighted by Gasteiger charge is 2.15. The Bertz CT molecular complexity index is 647. The number of para-hydroxylation sites is 1. The predicted molar refractivity (Wildman–Crippen MR) is 76.1 cm³/mol. The lowest BCUT2D eigenvalue weighted by Crippen LogP contribution is -1.97. The Morgan fingerprint density at radius 1 is 1.05 bits per heavy atom. The number of aliphatic hydroxyl groups excluding tert-OH is 1. The van der Waals surface area contributed by atoms with Gasteiger partial charge in [0.1, 0.15) is 17.4 Å². The van der Waals surface area contributed by atoms with Gasteiger partial charge in [-0.25, -0.2) is 0 Å². The summed E-state index contributed by atoms with van der Waals surface area (Å²) >= 11 is 0. The van der Waals surface area contributed by atoms with Crippen LogP contribution in [0.5, 0.6) is 0 Å². The van der Waals surface area contributed by atoms with Gasteiger partial charge in [-0.2, -0.15) is 0 Å². The van der Waals surface area contributed by atoms with Gasteiger partial charge in [0, 0.05) is 5.39 Å². The van der Waals surface area contributed by atoms with Crippen molar-refractivity contribution in [2.24, 2.45) is 0 Å². The van der Waals surface area contributed by atoms with Gasteiger partial charge < -0.3 is 9.52 Å². The molecule has 1 N–H and O–H groups in total. The Morgan fingerprint density at radius 3 is 2.47 bits per heavy atom. The van der Waals surface area contributed by atoms with Gasteiger partial charge in [-0.05, 0) is 29.7 Å². The number of fused-ring (bicyclic) bond motifs is 1. The highest BCUT2D eigenvalue weighted by Crippen LogP contribution is 2.28. The first-order valence-corrected chi connectivity index (χ1v) is 6.53. The lowest BCUT2D eigenvalue weighted by atomic mass is 10.0. The van der Waals surface area contributed by atoms with Crippen LogP contribution in [0.2, 0.25) is 0 Å². The van der Waals surface area contributed by atoms with E-state index in [-0.39, 0.29) is 0 Å². The van der Waals surface area contributed by atoms with Crippen molar-refractivity contribution in [3.63, 3.8) is 0 Å². The summed E-state index contributed by atoms with van der Waals surface area (Å²) in [6.45, 7) is 2.12. The molecule has 1 heterocycles. The van der Waals surface area contributed by atoms with E-state index in [1.54, 1.807) is 0 Å². The standard InChI is InChI=1S/C17H16O2/c1-2-12-7-9-13(10-8-12)17(18)16-11-14-5-3-4-6-15(14)19-16/h3-11,17-18H,2H2,1H3. The zero-order chi connectivity index (χ0) is 13.2. The Morgan fingerprint density at radius 2 is 1.79 bits per heavy atom. The molecular weight excluding hydrogens is 236 g/mol. The van der Waals surface area contributed by atoms with Gasteiger partial charge in [0.15, 0.2) is 0 Å². The molecule has 0 aliphatic rings. The van der Waals surface area contributed by atoms with E-state index >= 15 is 0 Å². The third-order valence-electron chi connectivity index (χ3n) is 3.42. The largest absolute Gasteiger partial charge is 0.458 e. The molecule has 0 aliphatic heterocycles. The van der Waals surface area contributed by atoms with Crippen molar-refractivity contribution in [1.29, 1.82) is 0 Å². The molecule has 0 saturated heterocycles. The van der Waals surface area contributed by atoms with Gasteiger partial charge in [-0.1, -0.05) is 49.4 Å². The van der Waals surface area contributed by atoms with Crippen LogP contribution in [0.15, 0.2) is 59.0 Å². The molecular formula is C17H16O2. The number of aliphatic hydroxyl groups is 1. The average molecular weight is 252 g/mol. The van der Waals surface area contributed by atoms with Gasteiger partial charge in [0.25, 0.3) is 0 Å². The minimum absolute atomic E-state index is 0.588. The van der Waals surface area contributed by atoms with Crippen LogP contribution in [0.25, 0.3) is 11.0 Å². The maximum atomic E-state index is 10.4. The second kappa shape index (κ2) is 4.90. The van der Waals surface area contributed by atoms with Crippen LogP contribution < -0.4 is 0 Å². The molecule has 0 radical (unpaired) electrons. The monoisotopic (exact) mass is 252 g/mol. The summed E-state index contributed by atoms with van der Waals surface area (Å²) in [6, 6.07) is 17.7. The fourth-order valence-corrected chi connectivity index (χ4v) is 2.24. The Labute approximate surface area is 112 Å². The highest BCUT2D eigenvalue weighted by atomic mass is 16.4. The smallest absolute Gasteiger partial charge is 0.138 e. The second-order valence-electron chi connectivity index (χ2n) is 4.68. The van der Waals surface area contributed by atoms with Crippen LogP contribution in [0.4, 0.5) is 0 Å². The fourth-order valence-electron chi connectivity index (χ4n) is 2.24. The minimum Gasteiger partial charge on any atom is -0.458 e. The van der Waals surface area contributed by atoms with E-state index < -0.39 is 6.10 Å². The third-order valence-corrected chi connectivity index (χ3v) is 3.42. The van der Waals surface area contributed by atoms with Crippen LogP contribution in [-0.2, 0) is 6.42 Å². The minimum atomic E-state index is -0.710. The molecule has 1 unspecified atom stereocenters. The maximum Gasteiger partial charge on any atom is 0.138 e. The first-order valence-electron chi connectivity index (χ1n) is 6.53. The van der Waals surface area contributed by atoms with E-state index in [0.29, 0.717) is 5.76 Å². The van der Waals surface area contributed by atoms with Crippen molar-refractivity contribution in [1.82, 2.24) is 0 Å².